The van der Waals surface area contributed by atoms with E-state index in [4.69, 9.17) is 0 Å². The summed E-state index contributed by atoms with van der Waals surface area (Å²) >= 11 is 0. The van der Waals surface area contributed by atoms with E-state index in [2.05, 4.69) is 63.8 Å². The molecule has 0 radical (unpaired) electrons. The normalized spacial score (nSPS) is 12.1. The molecule has 1 unspecified atom stereocenters. The Bertz CT molecular complexity index is 359. The lowest BCUT2D eigenvalue weighted by molar-refractivity contribution is 0.790. The fraction of sp³-hybridized carbons (Fsp3) is 0.500. The van der Waals surface area contributed by atoms with E-state index in [-0.39, 0.29) is 0 Å². The SMILES string of the molecule is CCC#CCC(C)c1ccc(C(C)C)cc1. The molecule has 0 fully saturated rings. The third kappa shape index (κ3) is 3.74. The molecular formula is C16H22. The van der Waals surface area contributed by atoms with Crippen LogP contribution in [0.4, 0.5) is 0 Å². The first-order valence-electron chi connectivity index (χ1n) is 6.20. The molecule has 0 nitrogen and oxygen atoms in total. The summed E-state index contributed by atoms with van der Waals surface area (Å²) in [6.07, 6.45) is 1.92. The second kappa shape index (κ2) is 6.38. The Morgan fingerprint density at radius 3 is 2.00 bits per heavy atom. The van der Waals surface area contributed by atoms with Crippen LogP contribution in [-0.4, -0.2) is 0 Å². The summed E-state index contributed by atoms with van der Waals surface area (Å²) in [6, 6.07) is 8.97. The Hall–Kier alpha value is -1.22. The van der Waals surface area contributed by atoms with E-state index in [1.807, 2.05) is 0 Å². The van der Waals surface area contributed by atoms with Crippen molar-refractivity contribution in [2.24, 2.45) is 0 Å². The molecule has 0 aliphatic carbocycles. The minimum Gasteiger partial charge on any atom is -0.104 e. The van der Waals surface area contributed by atoms with Crippen molar-refractivity contribution in [1.29, 1.82) is 0 Å². The van der Waals surface area contributed by atoms with Gasteiger partial charge in [-0.2, -0.15) is 0 Å². The van der Waals surface area contributed by atoms with Crippen LogP contribution >= 0.6 is 0 Å². The summed E-state index contributed by atoms with van der Waals surface area (Å²) in [7, 11) is 0. The van der Waals surface area contributed by atoms with E-state index < -0.39 is 0 Å². The summed E-state index contributed by atoms with van der Waals surface area (Å²) < 4.78 is 0. The largest absolute Gasteiger partial charge is 0.104 e. The molecule has 0 aliphatic heterocycles. The molecule has 0 saturated carbocycles. The Labute approximate surface area is 100 Å². The van der Waals surface area contributed by atoms with Crippen LogP contribution in [0.1, 0.15) is 63.5 Å². The lowest BCUT2D eigenvalue weighted by atomic mass is 9.94. The maximum atomic E-state index is 3.22. The molecule has 1 rings (SSSR count). The minimum atomic E-state index is 0.542. The molecule has 86 valence electrons. The highest BCUT2D eigenvalue weighted by Gasteiger charge is 2.04. The van der Waals surface area contributed by atoms with Gasteiger partial charge in [0.15, 0.2) is 0 Å². The van der Waals surface area contributed by atoms with Crippen molar-refractivity contribution in [3.05, 3.63) is 35.4 Å². The van der Waals surface area contributed by atoms with Crippen molar-refractivity contribution >= 4 is 0 Å². The van der Waals surface area contributed by atoms with Gasteiger partial charge in [-0.1, -0.05) is 52.0 Å². The average molecular weight is 214 g/mol. The Morgan fingerprint density at radius 2 is 1.50 bits per heavy atom. The number of hydrogen-bond donors (Lipinski definition) is 0. The smallest absolute Gasteiger partial charge is 0.0155 e. The lowest BCUT2D eigenvalue weighted by Gasteiger charge is -2.10. The monoisotopic (exact) mass is 214 g/mol. The standard InChI is InChI=1S/C16H22/c1-5-6-7-8-14(4)16-11-9-15(10-12-16)13(2)3/h9-14H,5,8H2,1-4H3. The summed E-state index contributed by atoms with van der Waals surface area (Å²) in [5.41, 5.74) is 2.81. The molecule has 0 spiro atoms. The Balaban J connectivity index is 2.66. The fourth-order valence-electron chi connectivity index (χ4n) is 1.68. The van der Waals surface area contributed by atoms with Gasteiger partial charge in [0.1, 0.15) is 0 Å². The van der Waals surface area contributed by atoms with Crippen LogP contribution in [0.15, 0.2) is 24.3 Å². The molecule has 1 aromatic rings. The summed E-state index contributed by atoms with van der Waals surface area (Å²) in [6.45, 7) is 8.79. The van der Waals surface area contributed by atoms with Gasteiger partial charge in [-0.15, -0.1) is 11.8 Å². The van der Waals surface area contributed by atoms with Gasteiger partial charge >= 0.3 is 0 Å². The highest BCUT2D eigenvalue weighted by molar-refractivity contribution is 5.27. The molecule has 0 heteroatoms. The van der Waals surface area contributed by atoms with Crippen molar-refractivity contribution in [3.63, 3.8) is 0 Å². The van der Waals surface area contributed by atoms with Crippen LogP contribution in [-0.2, 0) is 0 Å². The van der Waals surface area contributed by atoms with Gasteiger partial charge in [-0.3, -0.25) is 0 Å². The molecule has 0 saturated heterocycles. The van der Waals surface area contributed by atoms with Gasteiger partial charge in [0, 0.05) is 12.8 Å². The first-order chi connectivity index (χ1) is 7.65. The molecule has 0 aromatic heterocycles. The molecule has 0 heterocycles. The van der Waals surface area contributed by atoms with Gasteiger partial charge in [0.25, 0.3) is 0 Å². The molecule has 0 aliphatic rings. The topological polar surface area (TPSA) is 0 Å². The van der Waals surface area contributed by atoms with Crippen molar-refractivity contribution in [3.8, 4) is 11.8 Å². The van der Waals surface area contributed by atoms with E-state index in [0.717, 1.165) is 12.8 Å². The lowest BCUT2D eigenvalue weighted by Crippen LogP contribution is -1.93. The minimum absolute atomic E-state index is 0.542. The van der Waals surface area contributed by atoms with E-state index in [9.17, 15) is 0 Å². The highest BCUT2D eigenvalue weighted by atomic mass is 14.1. The van der Waals surface area contributed by atoms with Gasteiger partial charge in [0.2, 0.25) is 0 Å². The van der Waals surface area contributed by atoms with Crippen LogP contribution < -0.4 is 0 Å². The van der Waals surface area contributed by atoms with E-state index in [1.54, 1.807) is 0 Å². The zero-order valence-corrected chi connectivity index (χ0v) is 10.9. The third-order valence-corrected chi connectivity index (χ3v) is 2.88. The van der Waals surface area contributed by atoms with Crippen LogP contribution in [0.3, 0.4) is 0 Å². The molecule has 1 atom stereocenters. The third-order valence-electron chi connectivity index (χ3n) is 2.88. The molecule has 0 N–H and O–H groups in total. The van der Waals surface area contributed by atoms with Crippen molar-refractivity contribution in [1.82, 2.24) is 0 Å². The van der Waals surface area contributed by atoms with Gasteiger partial charge < -0.3 is 0 Å². The maximum Gasteiger partial charge on any atom is 0.0155 e. The molecule has 1 aromatic carbocycles. The van der Waals surface area contributed by atoms with Crippen LogP contribution in [0, 0.1) is 11.8 Å². The maximum absolute atomic E-state index is 3.22. The molecule has 16 heavy (non-hydrogen) atoms. The number of hydrogen-bond acceptors (Lipinski definition) is 0. The summed E-state index contributed by atoms with van der Waals surface area (Å²) in [4.78, 5) is 0. The zero-order valence-electron chi connectivity index (χ0n) is 10.9. The van der Waals surface area contributed by atoms with E-state index in [1.165, 1.54) is 11.1 Å². The number of rotatable bonds is 3. The van der Waals surface area contributed by atoms with Crippen LogP contribution in [0.2, 0.25) is 0 Å². The molecule has 0 amide bonds. The zero-order chi connectivity index (χ0) is 12.0. The van der Waals surface area contributed by atoms with Crippen molar-refractivity contribution in [2.45, 2.75) is 52.4 Å². The highest BCUT2D eigenvalue weighted by Crippen LogP contribution is 2.21. The van der Waals surface area contributed by atoms with Gasteiger partial charge in [0.05, 0.1) is 0 Å². The molecular weight excluding hydrogens is 192 g/mol. The predicted octanol–water partition coefficient (Wildman–Crippen LogP) is 4.72. The second-order valence-electron chi connectivity index (χ2n) is 4.63. The van der Waals surface area contributed by atoms with Gasteiger partial charge in [-0.25, -0.2) is 0 Å². The Kier molecular flexibility index (Phi) is 5.12. The summed E-state index contributed by atoms with van der Waals surface area (Å²) in [5, 5.41) is 0. The van der Waals surface area contributed by atoms with Crippen molar-refractivity contribution < 1.29 is 0 Å². The second-order valence-corrected chi connectivity index (χ2v) is 4.63. The van der Waals surface area contributed by atoms with Crippen molar-refractivity contribution in [2.75, 3.05) is 0 Å². The van der Waals surface area contributed by atoms with E-state index in [0.29, 0.717) is 11.8 Å². The summed E-state index contributed by atoms with van der Waals surface area (Å²) in [5.74, 6) is 7.51. The van der Waals surface area contributed by atoms with Gasteiger partial charge in [-0.05, 0) is 23.0 Å². The van der Waals surface area contributed by atoms with Crippen LogP contribution in [0.25, 0.3) is 0 Å². The quantitative estimate of drug-likeness (QED) is 0.639. The molecule has 0 bridgehead atoms. The first kappa shape index (κ1) is 12.8. The predicted molar refractivity (Wildman–Crippen MR) is 71.6 cm³/mol. The Morgan fingerprint density at radius 1 is 0.938 bits per heavy atom. The van der Waals surface area contributed by atoms with E-state index >= 15 is 0 Å². The first-order valence-corrected chi connectivity index (χ1v) is 6.20. The number of benzene rings is 1. The fourth-order valence-corrected chi connectivity index (χ4v) is 1.68. The van der Waals surface area contributed by atoms with Crippen LogP contribution in [0.5, 0.6) is 0 Å². The average Bonchev–Trinajstić information content (AvgIpc) is 2.29.